The molecule has 0 amide bonds. The van der Waals surface area contributed by atoms with Crippen LogP contribution in [0.15, 0.2) is 36.9 Å². The van der Waals surface area contributed by atoms with Gasteiger partial charge >= 0.3 is 0 Å². The molecule has 1 fully saturated rings. The third kappa shape index (κ3) is 3.40. The second kappa shape index (κ2) is 7.61. The number of benzene rings is 1. The van der Waals surface area contributed by atoms with Gasteiger partial charge in [-0.3, -0.25) is 9.47 Å². The van der Waals surface area contributed by atoms with E-state index in [1.807, 2.05) is 39.6 Å². The molecular weight excluding hydrogens is 352 g/mol. The van der Waals surface area contributed by atoms with Gasteiger partial charge in [0.25, 0.3) is 0 Å². The van der Waals surface area contributed by atoms with Crippen LogP contribution in [-0.4, -0.2) is 52.2 Å². The smallest absolute Gasteiger partial charge is 0.199 e. The average Bonchev–Trinajstić information content (AvgIpc) is 2.98. The molecule has 0 N–H and O–H groups in total. The molecular formula is C18H22N4O3S. The zero-order valence-corrected chi connectivity index (χ0v) is 15.4. The van der Waals surface area contributed by atoms with Crippen molar-refractivity contribution >= 4 is 12.2 Å². The Hall–Kier alpha value is -2.16. The van der Waals surface area contributed by atoms with E-state index in [4.69, 9.17) is 31.5 Å². The molecule has 2 aliphatic heterocycles. The number of fused-ring (bicyclic) bond motifs is 1. The molecule has 0 aliphatic carbocycles. The van der Waals surface area contributed by atoms with Crippen LogP contribution in [0.3, 0.4) is 0 Å². The first kappa shape index (κ1) is 17.3. The van der Waals surface area contributed by atoms with Crippen molar-refractivity contribution in [3.05, 3.63) is 47.5 Å². The van der Waals surface area contributed by atoms with Crippen LogP contribution < -0.4 is 9.47 Å². The SMILES string of the molecule is C=CCn1c([C@H]2COc3ccccc3O2)nn(CN2CCOCC2)c1=S. The molecule has 4 rings (SSSR count). The first-order valence-electron chi connectivity index (χ1n) is 8.73. The summed E-state index contributed by atoms with van der Waals surface area (Å²) in [7, 11) is 0. The molecule has 0 bridgehead atoms. The molecule has 1 atom stereocenters. The molecule has 8 heteroatoms. The summed E-state index contributed by atoms with van der Waals surface area (Å²) in [5.41, 5.74) is 0. The molecule has 3 heterocycles. The number of hydrogen-bond donors (Lipinski definition) is 0. The number of morpholine rings is 1. The topological polar surface area (TPSA) is 53.7 Å². The van der Waals surface area contributed by atoms with Crippen LogP contribution in [-0.2, 0) is 18.0 Å². The van der Waals surface area contributed by atoms with E-state index < -0.39 is 0 Å². The number of hydrogen-bond acceptors (Lipinski definition) is 6. The van der Waals surface area contributed by atoms with E-state index in [0.29, 0.717) is 24.6 Å². The molecule has 2 aromatic rings. The van der Waals surface area contributed by atoms with Gasteiger partial charge in [-0.2, -0.15) is 5.10 Å². The number of rotatable bonds is 5. The Labute approximate surface area is 157 Å². The highest BCUT2D eigenvalue weighted by atomic mass is 32.1. The number of nitrogens with zero attached hydrogens (tertiary/aromatic N) is 4. The summed E-state index contributed by atoms with van der Waals surface area (Å²) in [4.78, 5) is 2.28. The monoisotopic (exact) mass is 374 g/mol. The molecule has 2 aliphatic rings. The minimum absolute atomic E-state index is 0.308. The van der Waals surface area contributed by atoms with Gasteiger partial charge in [0.15, 0.2) is 28.2 Å². The summed E-state index contributed by atoms with van der Waals surface area (Å²) in [6.45, 7) is 8.70. The van der Waals surface area contributed by atoms with Crippen molar-refractivity contribution in [3.63, 3.8) is 0 Å². The third-order valence-electron chi connectivity index (χ3n) is 4.50. The highest BCUT2D eigenvalue weighted by Crippen LogP contribution is 2.35. The zero-order valence-electron chi connectivity index (χ0n) is 14.5. The minimum Gasteiger partial charge on any atom is -0.485 e. The van der Waals surface area contributed by atoms with Gasteiger partial charge in [0.1, 0.15) is 6.61 Å². The van der Waals surface area contributed by atoms with Crippen LogP contribution in [0.1, 0.15) is 11.9 Å². The van der Waals surface area contributed by atoms with Crippen molar-refractivity contribution in [2.75, 3.05) is 32.9 Å². The van der Waals surface area contributed by atoms with Gasteiger partial charge in [-0.25, -0.2) is 4.68 Å². The number of para-hydroxylation sites is 2. The summed E-state index contributed by atoms with van der Waals surface area (Å²) in [6.07, 6.45) is 1.51. The highest BCUT2D eigenvalue weighted by molar-refractivity contribution is 7.71. The lowest BCUT2D eigenvalue weighted by Gasteiger charge is -2.26. The predicted molar refractivity (Wildman–Crippen MR) is 98.9 cm³/mol. The first-order chi connectivity index (χ1) is 12.8. The van der Waals surface area contributed by atoms with Crippen molar-refractivity contribution < 1.29 is 14.2 Å². The number of aromatic nitrogens is 3. The fourth-order valence-corrected chi connectivity index (χ4v) is 3.43. The second-order valence-electron chi connectivity index (χ2n) is 6.28. The maximum atomic E-state index is 6.13. The summed E-state index contributed by atoms with van der Waals surface area (Å²) < 4.78 is 21.9. The molecule has 7 nitrogen and oxygen atoms in total. The Morgan fingerprint density at radius 1 is 1.23 bits per heavy atom. The fourth-order valence-electron chi connectivity index (χ4n) is 3.17. The number of ether oxygens (including phenoxy) is 3. The standard InChI is InChI=1S/C18H22N4O3S/c1-2-7-21-17(16-12-24-14-5-3-4-6-15(14)25-16)19-22(18(21)26)13-20-8-10-23-11-9-20/h2-6,16H,1,7-13H2/t16-/m1/s1. The van der Waals surface area contributed by atoms with Gasteiger partial charge in [-0.1, -0.05) is 18.2 Å². The summed E-state index contributed by atoms with van der Waals surface area (Å²) in [6, 6.07) is 7.66. The van der Waals surface area contributed by atoms with Gasteiger partial charge in [0.05, 0.1) is 19.9 Å². The molecule has 1 aromatic carbocycles. The minimum atomic E-state index is -0.308. The van der Waals surface area contributed by atoms with Crippen molar-refractivity contribution in [2.24, 2.45) is 0 Å². The second-order valence-corrected chi connectivity index (χ2v) is 6.64. The van der Waals surface area contributed by atoms with Gasteiger partial charge in [0.2, 0.25) is 0 Å². The van der Waals surface area contributed by atoms with Crippen LogP contribution in [0.25, 0.3) is 0 Å². The molecule has 1 saturated heterocycles. The Kier molecular flexibility index (Phi) is 5.05. The maximum absolute atomic E-state index is 6.13. The van der Waals surface area contributed by atoms with E-state index in [-0.39, 0.29) is 6.10 Å². The molecule has 1 aromatic heterocycles. The molecule has 0 spiro atoms. The van der Waals surface area contributed by atoms with E-state index in [0.717, 1.165) is 43.6 Å². The van der Waals surface area contributed by atoms with E-state index in [1.165, 1.54) is 0 Å². The Bertz CT molecular complexity index is 841. The van der Waals surface area contributed by atoms with Crippen molar-refractivity contribution in [1.29, 1.82) is 0 Å². The Morgan fingerprint density at radius 2 is 2.00 bits per heavy atom. The molecule has 0 saturated carbocycles. The Balaban J connectivity index is 1.61. The highest BCUT2D eigenvalue weighted by Gasteiger charge is 2.28. The van der Waals surface area contributed by atoms with Gasteiger partial charge in [-0.15, -0.1) is 6.58 Å². The maximum Gasteiger partial charge on any atom is 0.199 e. The summed E-state index contributed by atoms with van der Waals surface area (Å²) in [5.74, 6) is 2.24. The van der Waals surface area contributed by atoms with E-state index >= 15 is 0 Å². The largest absolute Gasteiger partial charge is 0.485 e. The molecule has 138 valence electrons. The van der Waals surface area contributed by atoms with Gasteiger partial charge in [0, 0.05) is 19.6 Å². The van der Waals surface area contributed by atoms with Crippen molar-refractivity contribution in [1.82, 2.24) is 19.2 Å². The van der Waals surface area contributed by atoms with E-state index in [1.54, 1.807) is 0 Å². The molecule has 0 unspecified atom stereocenters. The van der Waals surface area contributed by atoms with E-state index in [9.17, 15) is 0 Å². The quantitative estimate of drug-likeness (QED) is 0.592. The zero-order chi connectivity index (χ0) is 17.9. The van der Waals surface area contributed by atoms with Crippen LogP contribution in [0.2, 0.25) is 0 Å². The van der Waals surface area contributed by atoms with Crippen LogP contribution in [0, 0.1) is 4.77 Å². The fraction of sp³-hybridized carbons (Fsp3) is 0.444. The van der Waals surface area contributed by atoms with Crippen molar-refractivity contribution in [3.8, 4) is 11.5 Å². The van der Waals surface area contributed by atoms with Crippen LogP contribution in [0.5, 0.6) is 11.5 Å². The van der Waals surface area contributed by atoms with Gasteiger partial charge in [-0.05, 0) is 24.4 Å². The summed E-state index contributed by atoms with van der Waals surface area (Å²) in [5, 5.41) is 4.76. The van der Waals surface area contributed by atoms with E-state index in [2.05, 4.69) is 11.5 Å². The van der Waals surface area contributed by atoms with Gasteiger partial charge < -0.3 is 14.2 Å². The number of allylic oxidation sites excluding steroid dienone is 1. The summed E-state index contributed by atoms with van der Waals surface area (Å²) >= 11 is 5.66. The van der Waals surface area contributed by atoms with Crippen LogP contribution >= 0.6 is 12.2 Å². The lowest BCUT2D eigenvalue weighted by molar-refractivity contribution is 0.0206. The normalized spacial score (nSPS) is 20.1. The van der Waals surface area contributed by atoms with Crippen molar-refractivity contribution in [2.45, 2.75) is 19.3 Å². The first-order valence-corrected chi connectivity index (χ1v) is 9.14. The third-order valence-corrected chi connectivity index (χ3v) is 4.93. The lowest BCUT2D eigenvalue weighted by atomic mass is 10.2. The average molecular weight is 374 g/mol. The molecule has 0 radical (unpaired) electrons. The van der Waals surface area contributed by atoms with Crippen LogP contribution in [0.4, 0.5) is 0 Å². The molecule has 26 heavy (non-hydrogen) atoms. The predicted octanol–water partition coefficient (Wildman–Crippen LogP) is 2.40. The Morgan fingerprint density at radius 3 is 2.77 bits per heavy atom. The lowest BCUT2D eigenvalue weighted by Crippen LogP contribution is -2.37.